The van der Waals surface area contributed by atoms with E-state index in [1.54, 1.807) is 4.90 Å². The van der Waals surface area contributed by atoms with Gasteiger partial charge < -0.3 is 10.2 Å². The number of alkyl halides is 1. The predicted molar refractivity (Wildman–Crippen MR) is 122 cm³/mol. The number of nitrogens with one attached hydrogen (secondary N) is 1. The van der Waals surface area contributed by atoms with Gasteiger partial charge in [0.2, 0.25) is 11.8 Å². The van der Waals surface area contributed by atoms with Crippen molar-refractivity contribution in [1.82, 2.24) is 10.2 Å². The average Bonchev–Trinajstić information content (AvgIpc) is 2.78. The molecular formula is C25H31ClN2O2. The number of hydrogen-bond acceptors (Lipinski definition) is 2. The second-order valence-corrected chi connectivity index (χ2v) is 8.33. The van der Waals surface area contributed by atoms with Crippen molar-refractivity contribution < 1.29 is 9.59 Å². The van der Waals surface area contributed by atoms with Crippen LogP contribution in [0.4, 0.5) is 0 Å². The van der Waals surface area contributed by atoms with E-state index in [1.807, 2.05) is 61.5 Å². The second-order valence-electron chi connectivity index (χ2n) is 8.06. The minimum absolute atomic E-state index is 0.109. The van der Waals surface area contributed by atoms with E-state index in [0.29, 0.717) is 13.0 Å². The summed E-state index contributed by atoms with van der Waals surface area (Å²) in [7, 11) is 0. The first-order chi connectivity index (χ1) is 14.6. The molecule has 1 saturated carbocycles. The molecule has 30 heavy (non-hydrogen) atoms. The fourth-order valence-electron chi connectivity index (χ4n) is 4.24. The molecule has 1 N–H and O–H groups in total. The molecule has 0 radical (unpaired) electrons. The first-order valence-electron chi connectivity index (χ1n) is 10.9. The normalized spacial score (nSPS) is 15.4. The van der Waals surface area contributed by atoms with Crippen molar-refractivity contribution >= 4 is 23.4 Å². The summed E-state index contributed by atoms with van der Waals surface area (Å²) in [5.74, 6) is -0.476. The van der Waals surface area contributed by atoms with Gasteiger partial charge >= 0.3 is 0 Å². The van der Waals surface area contributed by atoms with Gasteiger partial charge in [-0.05, 0) is 42.9 Å². The molecule has 0 saturated heterocycles. The summed E-state index contributed by atoms with van der Waals surface area (Å²) >= 11 is 5.97. The summed E-state index contributed by atoms with van der Waals surface area (Å²) in [6, 6.07) is 17.3. The molecule has 1 aliphatic rings. The molecule has 0 bridgehead atoms. The molecule has 1 aliphatic carbocycles. The smallest absolute Gasteiger partial charge is 0.247 e. The lowest BCUT2D eigenvalue weighted by atomic mass is 9.94. The van der Waals surface area contributed by atoms with Gasteiger partial charge in [-0.25, -0.2) is 0 Å². The minimum Gasteiger partial charge on any atom is -0.351 e. The summed E-state index contributed by atoms with van der Waals surface area (Å²) in [5.41, 5.74) is 2.98. The Morgan fingerprint density at radius 1 is 1.03 bits per heavy atom. The molecule has 2 amide bonds. The number of aryl methyl sites for hydroxylation is 1. The number of carbonyl (C=O) groups excluding carboxylic acids is 2. The van der Waals surface area contributed by atoms with Gasteiger partial charge in [-0.2, -0.15) is 0 Å². The zero-order valence-corrected chi connectivity index (χ0v) is 18.4. The Kier molecular flexibility index (Phi) is 8.32. The number of rotatable bonds is 8. The molecule has 1 unspecified atom stereocenters. The average molecular weight is 427 g/mol. The van der Waals surface area contributed by atoms with Gasteiger partial charge in [0.15, 0.2) is 0 Å². The van der Waals surface area contributed by atoms with Crippen LogP contribution in [0.25, 0.3) is 0 Å². The summed E-state index contributed by atoms with van der Waals surface area (Å²) in [6.45, 7) is 2.42. The van der Waals surface area contributed by atoms with Crippen molar-refractivity contribution in [2.45, 2.75) is 57.5 Å². The molecule has 1 atom stereocenters. The molecule has 160 valence electrons. The highest BCUT2D eigenvalue weighted by atomic mass is 35.5. The molecule has 2 aromatic carbocycles. The van der Waals surface area contributed by atoms with Gasteiger partial charge in [0.1, 0.15) is 11.9 Å². The maximum absolute atomic E-state index is 13.5. The first-order valence-corrected chi connectivity index (χ1v) is 11.4. The van der Waals surface area contributed by atoms with Crippen LogP contribution in [0.15, 0.2) is 54.6 Å². The number of nitrogens with zero attached hydrogens (tertiary/aromatic N) is 1. The molecule has 5 heteroatoms. The fourth-order valence-corrected chi connectivity index (χ4v) is 4.39. The first kappa shape index (κ1) is 22.4. The molecule has 0 heterocycles. The maximum atomic E-state index is 13.5. The third kappa shape index (κ3) is 5.85. The number of benzene rings is 2. The molecule has 0 aliphatic heterocycles. The van der Waals surface area contributed by atoms with Crippen LogP contribution in [0.5, 0.6) is 0 Å². The predicted octanol–water partition coefficient (Wildman–Crippen LogP) is 4.80. The Labute approximate surface area is 184 Å². The largest absolute Gasteiger partial charge is 0.351 e. The molecule has 2 aromatic rings. The van der Waals surface area contributed by atoms with E-state index in [0.717, 1.165) is 42.4 Å². The molecular weight excluding hydrogens is 396 g/mol. The van der Waals surface area contributed by atoms with Crippen molar-refractivity contribution in [2.24, 2.45) is 0 Å². The van der Waals surface area contributed by atoms with Crippen molar-refractivity contribution in [1.29, 1.82) is 0 Å². The Hall–Kier alpha value is -2.33. The summed E-state index contributed by atoms with van der Waals surface area (Å²) in [5, 5.41) is 3.23. The number of hydrogen-bond donors (Lipinski definition) is 1. The third-order valence-corrected chi connectivity index (χ3v) is 6.14. The summed E-state index contributed by atoms with van der Waals surface area (Å²) in [6.07, 6.45) is 6.17. The van der Waals surface area contributed by atoms with E-state index in [4.69, 9.17) is 11.6 Å². The van der Waals surface area contributed by atoms with Gasteiger partial charge in [0, 0.05) is 12.6 Å². The Bertz CT molecular complexity index is 834. The van der Waals surface area contributed by atoms with Crippen LogP contribution in [0.2, 0.25) is 0 Å². The minimum atomic E-state index is -0.678. The van der Waals surface area contributed by atoms with Crippen LogP contribution in [0.3, 0.4) is 0 Å². The lowest BCUT2D eigenvalue weighted by molar-refractivity contribution is -0.139. The summed E-state index contributed by atoms with van der Waals surface area (Å²) < 4.78 is 0. The molecule has 0 spiro atoms. The van der Waals surface area contributed by atoms with Crippen LogP contribution < -0.4 is 5.32 Å². The Morgan fingerprint density at radius 2 is 1.70 bits per heavy atom. The van der Waals surface area contributed by atoms with Crippen LogP contribution in [-0.2, 0) is 16.0 Å². The van der Waals surface area contributed by atoms with E-state index >= 15 is 0 Å². The van der Waals surface area contributed by atoms with Crippen LogP contribution in [-0.4, -0.2) is 35.2 Å². The number of amides is 2. The lowest BCUT2D eigenvalue weighted by Crippen LogP contribution is -2.48. The van der Waals surface area contributed by atoms with E-state index < -0.39 is 6.04 Å². The van der Waals surface area contributed by atoms with E-state index in [9.17, 15) is 9.59 Å². The third-order valence-electron chi connectivity index (χ3n) is 5.91. The van der Waals surface area contributed by atoms with Gasteiger partial charge in [0.25, 0.3) is 0 Å². The van der Waals surface area contributed by atoms with Gasteiger partial charge in [0.05, 0.1) is 0 Å². The lowest BCUT2D eigenvalue weighted by Gasteiger charge is -2.34. The second kappa shape index (κ2) is 11.2. The maximum Gasteiger partial charge on any atom is 0.247 e. The van der Waals surface area contributed by atoms with Gasteiger partial charge in [-0.15, -0.1) is 11.6 Å². The fraction of sp³-hybridized carbons (Fsp3) is 0.440. The zero-order chi connectivity index (χ0) is 21.3. The SMILES string of the molecule is Cc1ccccc1C(C(=O)NC1CCCCC1)N(CCc1ccccc1)C(=O)CCl. The number of carbonyl (C=O) groups is 2. The van der Waals surface area contributed by atoms with E-state index in [2.05, 4.69) is 5.32 Å². The quantitative estimate of drug-likeness (QED) is 0.616. The van der Waals surface area contributed by atoms with Crippen LogP contribution in [0, 0.1) is 6.92 Å². The van der Waals surface area contributed by atoms with Crippen molar-refractivity contribution in [3.63, 3.8) is 0 Å². The van der Waals surface area contributed by atoms with Crippen LogP contribution in [0.1, 0.15) is 54.8 Å². The van der Waals surface area contributed by atoms with Gasteiger partial charge in [-0.3, -0.25) is 9.59 Å². The molecule has 4 nitrogen and oxygen atoms in total. The van der Waals surface area contributed by atoms with Crippen molar-refractivity contribution in [2.75, 3.05) is 12.4 Å². The molecule has 3 rings (SSSR count). The Balaban J connectivity index is 1.88. The topological polar surface area (TPSA) is 49.4 Å². The van der Waals surface area contributed by atoms with Crippen molar-refractivity contribution in [3.05, 3.63) is 71.3 Å². The molecule has 0 aromatic heterocycles. The van der Waals surface area contributed by atoms with Gasteiger partial charge in [-0.1, -0.05) is 73.9 Å². The van der Waals surface area contributed by atoms with Crippen LogP contribution >= 0.6 is 11.6 Å². The highest BCUT2D eigenvalue weighted by Crippen LogP contribution is 2.27. The van der Waals surface area contributed by atoms with E-state index in [-0.39, 0.29) is 23.7 Å². The Morgan fingerprint density at radius 3 is 2.37 bits per heavy atom. The monoisotopic (exact) mass is 426 g/mol. The van der Waals surface area contributed by atoms with Crippen molar-refractivity contribution in [3.8, 4) is 0 Å². The standard InChI is InChI=1S/C25H31ClN2O2/c1-19-10-8-9-15-22(19)24(25(30)27-21-13-6-3-7-14-21)28(23(29)18-26)17-16-20-11-4-2-5-12-20/h2,4-5,8-12,15,21,24H,3,6-7,13-14,16-18H2,1H3,(H,27,30). The molecule has 1 fully saturated rings. The highest BCUT2D eigenvalue weighted by molar-refractivity contribution is 6.27. The zero-order valence-electron chi connectivity index (χ0n) is 17.6. The number of halogens is 1. The summed E-state index contributed by atoms with van der Waals surface area (Å²) in [4.78, 5) is 28.0. The highest BCUT2D eigenvalue weighted by Gasteiger charge is 2.33. The van der Waals surface area contributed by atoms with E-state index in [1.165, 1.54) is 6.42 Å².